The van der Waals surface area contributed by atoms with E-state index in [4.69, 9.17) is 5.26 Å². The monoisotopic (exact) mass is 342 g/mol. The molecule has 0 spiro atoms. The number of nitrogens with zero attached hydrogens (tertiary/aromatic N) is 3. The number of halogens is 1. The van der Waals surface area contributed by atoms with Crippen molar-refractivity contribution in [3.05, 3.63) is 4.73 Å². The van der Waals surface area contributed by atoms with Gasteiger partial charge in [0.15, 0.2) is 10.5 Å². The number of thioether (sulfide) groups is 3. The molecule has 1 rings (SSSR count). The van der Waals surface area contributed by atoms with Crippen molar-refractivity contribution in [3.8, 4) is 6.19 Å². The van der Waals surface area contributed by atoms with Crippen LogP contribution >= 0.6 is 62.7 Å². The summed E-state index contributed by atoms with van der Waals surface area (Å²) in [6.45, 7) is 0. The van der Waals surface area contributed by atoms with E-state index >= 15 is 0 Å². The van der Waals surface area contributed by atoms with Gasteiger partial charge in [0.05, 0.1) is 0 Å². The lowest BCUT2D eigenvalue weighted by molar-refractivity contribution is 1.03. The van der Waals surface area contributed by atoms with Crippen molar-refractivity contribution in [3.63, 3.8) is 0 Å². The Hall–Kier alpha value is 0.380. The van der Waals surface area contributed by atoms with E-state index in [1.165, 1.54) is 11.5 Å². The van der Waals surface area contributed by atoms with E-state index in [0.29, 0.717) is 4.73 Å². The third-order valence-electron chi connectivity index (χ3n) is 1.18. The van der Waals surface area contributed by atoms with Crippen LogP contribution in [0.1, 0.15) is 0 Å². The summed E-state index contributed by atoms with van der Waals surface area (Å²) in [5.41, 5.74) is 0. The minimum atomic E-state index is 0.110. The second-order valence-electron chi connectivity index (χ2n) is 2.08. The minimum Gasteiger partial charge on any atom is -0.302 e. The van der Waals surface area contributed by atoms with Crippen LogP contribution in [0.4, 0.5) is 0 Å². The molecule has 1 aromatic rings. The lowest BCUT2D eigenvalue weighted by Gasteiger charge is -2.09. The highest BCUT2D eigenvalue weighted by atomic mass is 79.9. The van der Waals surface area contributed by atoms with Crippen LogP contribution in [0.15, 0.2) is 9.07 Å². The molecule has 9 heteroatoms. The highest BCUT2D eigenvalue weighted by molar-refractivity contribution is 9.10. The average Bonchev–Trinajstić information content (AvgIpc) is 2.63. The van der Waals surface area contributed by atoms with Crippen LogP contribution in [0, 0.1) is 11.5 Å². The number of nitriles is 1. The van der Waals surface area contributed by atoms with Crippen molar-refractivity contribution >= 4 is 62.7 Å². The summed E-state index contributed by atoms with van der Waals surface area (Å²) in [4.78, 5) is 4.16. The van der Waals surface area contributed by atoms with Crippen molar-refractivity contribution in [2.24, 2.45) is 0 Å². The van der Waals surface area contributed by atoms with Crippen molar-refractivity contribution < 1.29 is 0 Å². The molecular weight excluding hydrogens is 336 g/mol. The molecule has 1 heterocycles. The molecule has 0 aromatic carbocycles. The predicted molar refractivity (Wildman–Crippen MR) is 72.0 cm³/mol. The van der Waals surface area contributed by atoms with E-state index in [1.807, 2.05) is 12.4 Å². The first-order chi connectivity index (χ1) is 7.26. The standard InChI is InChI=1S/C6H7BrN4S4/c1-12-5(9-2-8)13-3-14-6-10-4(7)11-15-6/h5,9H,3H2,1H3. The van der Waals surface area contributed by atoms with Crippen LogP contribution in [-0.4, -0.2) is 25.4 Å². The first-order valence-electron chi connectivity index (χ1n) is 3.67. The molecule has 0 aliphatic heterocycles. The van der Waals surface area contributed by atoms with Gasteiger partial charge >= 0.3 is 0 Å². The molecular formula is C6H7BrN4S4. The molecule has 15 heavy (non-hydrogen) atoms. The lowest BCUT2D eigenvalue weighted by Crippen LogP contribution is -2.16. The molecule has 0 fully saturated rings. The smallest absolute Gasteiger partial charge is 0.210 e. The van der Waals surface area contributed by atoms with Gasteiger partial charge in [-0.1, -0.05) is 11.8 Å². The quantitative estimate of drug-likeness (QED) is 0.369. The summed E-state index contributed by atoms with van der Waals surface area (Å²) < 4.78 is 5.70. The first-order valence-corrected chi connectivity index (χ1v) is 8.56. The maximum absolute atomic E-state index is 8.47. The number of hydrogen-bond donors (Lipinski definition) is 1. The molecule has 0 aliphatic carbocycles. The zero-order valence-electron chi connectivity index (χ0n) is 7.64. The summed E-state index contributed by atoms with van der Waals surface area (Å²) in [7, 11) is 0. The topological polar surface area (TPSA) is 61.6 Å². The summed E-state index contributed by atoms with van der Waals surface area (Å²) in [5, 5.41) is 12.0. The van der Waals surface area contributed by atoms with Gasteiger partial charge in [0.25, 0.3) is 0 Å². The molecule has 1 N–H and O–H groups in total. The Labute approximate surface area is 113 Å². The summed E-state index contributed by atoms with van der Waals surface area (Å²) >= 11 is 9.47. The molecule has 1 unspecified atom stereocenters. The van der Waals surface area contributed by atoms with Crippen LogP contribution in [0.3, 0.4) is 0 Å². The van der Waals surface area contributed by atoms with E-state index in [9.17, 15) is 0 Å². The molecule has 1 atom stereocenters. The van der Waals surface area contributed by atoms with Gasteiger partial charge in [0.2, 0.25) is 4.73 Å². The zero-order chi connectivity index (χ0) is 11.1. The van der Waals surface area contributed by atoms with Gasteiger partial charge in [-0.3, -0.25) is 0 Å². The van der Waals surface area contributed by atoms with Gasteiger partial charge in [-0.05, 0) is 33.7 Å². The zero-order valence-corrected chi connectivity index (χ0v) is 12.5. The Bertz CT molecular complexity index is 338. The Morgan fingerprint density at radius 2 is 2.53 bits per heavy atom. The van der Waals surface area contributed by atoms with E-state index in [2.05, 4.69) is 30.6 Å². The normalized spacial score (nSPS) is 12.1. The fourth-order valence-electron chi connectivity index (χ4n) is 0.619. The van der Waals surface area contributed by atoms with Crippen LogP contribution in [-0.2, 0) is 0 Å². The minimum absolute atomic E-state index is 0.110. The molecule has 82 valence electrons. The van der Waals surface area contributed by atoms with Crippen molar-refractivity contribution in [1.82, 2.24) is 14.7 Å². The Kier molecular flexibility index (Phi) is 6.83. The average molecular weight is 343 g/mol. The van der Waals surface area contributed by atoms with Crippen molar-refractivity contribution in [2.45, 2.75) is 9.05 Å². The summed E-state index contributed by atoms with van der Waals surface area (Å²) in [5.74, 6) is 0. The van der Waals surface area contributed by atoms with Crippen LogP contribution in [0.2, 0.25) is 0 Å². The summed E-state index contributed by atoms with van der Waals surface area (Å²) in [6.07, 6.45) is 3.90. The third kappa shape index (κ3) is 5.31. The van der Waals surface area contributed by atoms with E-state index < -0.39 is 0 Å². The lowest BCUT2D eigenvalue weighted by atomic mass is 11.2. The van der Waals surface area contributed by atoms with Crippen LogP contribution < -0.4 is 5.32 Å². The first kappa shape index (κ1) is 13.4. The number of hydrogen-bond acceptors (Lipinski definition) is 8. The van der Waals surface area contributed by atoms with Gasteiger partial charge in [0.1, 0.15) is 4.71 Å². The fraction of sp³-hybridized carbons (Fsp3) is 0.500. The molecule has 0 saturated carbocycles. The van der Waals surface area contributed by atoms with Gasteiger partial charge in [0, 0.05) is 5.08 Å². The second-order valence-corrected chi connectivity index (χ2v) is 7.47. The maximum Gasteiger partial charge on any atom is 0.210 e. The number of aromatic nitrogens is 2. The number of rotatable bonds is 6. The Morgan fingerprint density at radius 3 is 3.07 bits per heavy atom. The fourth-order valence-corrected chi connectivity index (χ4v) is 5.00. The molecule has 0 saturated heterocycles. The molecule has 0 radical (unpaired) electrons. The van der Waals surface area contributed by atoms with Crippen LogP contribution in [0.25, 0.3) is 0 Å². The van der Waals surface area contributed by atoms with Gasteiger partial charge in [-0.2, -0.15) is 9.64 Å². The van der Waals surface area contributed by atoms with E-state index in [-0.39, 0.29) is 4.71 Å². The second kappa shape index (κ2) is 7.62. The molecule has 0 bridgehead atoms. The highest BCUT2D eigenvalue weighted by Crippen LogP contribution is 2.29. The van der Waals surface area contributed by atoms with Gasteiger partial charge in [-0.25, -0.2) is 4.98 Å². The number of nitrogens with one attached hydrogen (secondary N) is 1. The summed E-state index contributed by atoms with van der Waals surface area (Å²) in [6, 6.07) is 0. The van der Waals surface area contributed by atoms with Gasteiger partial charge in [-0.15, -0.1) is 23.5 Å². The largest absolute Gasteiger partial charge is 0.302 e. The van der Waals surface area contributed by atoms with Crippen molar-refractivity contribution in [2.75, 3.05) is 11.3 Å². The van der Waals surface area contributed by atoms with E-state index in [0.717, 1.165) is 9.42 Å². The predicted octanol–water partition coefficient (Wildman–Crippen LogP) is 2.80. The highest BCUT2D eigenvalue weighted by Gasteiger charge is 2.07. The van der Waals surface area contributed by atoms with Crippen LogP contribution in [0.5, 0.6) is 0 Å². The molecule has 1 aromatic heterocycles. The maximum atomic E-state index is 8.47. The SMILES string of the molecule is CSC(NC#N)SCSc1nc(Br)ns1. The Morgan fingerprint density at radius 1 is 1.73 bits per heavy atom. The molecule has 0 amide bonds. The molecule has 4 nitrogen and oxygen atoms in total. The Balaban J connectivity index is 2.23. The molecule has 0 aliphatic rings. The van der Waals surface area contributed by atoms with Gasteiger partial charge < -0.3 is 5.32 Å². The van der Waals surface area contributed by atoms with E-state index in [1.54, 1.807) is 35.3 Å². The third-order valence-corrected chi connectivity index (χ3v) is 6.17. The van der Waals surface area contributed by atoms with Crippen molar-refractivity contribution in [1.29, 1.82) is 5.26 Å².